The topological polar surface area (TPSA) is 68.2 Å². The summed E-state index contributed by atoms with van der Waals surface area (Å²) < 4.78 is 10.8. The Kier molecular flexibility index (Phi) is 6.32. The van der Waals surface area contributed by atoms with Gasteiger partial charge in [-0.2, -0.15) is 10.1 Å². The maximum atomic E-state index is 13.0. The molecule has 1 aromatic heterocycles. The summed E-state index contributed by atoms with van der Waals surface area (Å²) in [6.45, 7) is 1.74. The molecule has 1 amide bonds. The molecule has 1 aliphatic heterocycles. The smallest absolute Gasteiger partial charge is 0.353 e. The molecule has 3 aromatic rings. The quantitative estimate of drug-likeness (QED) is 0.248. The third-order valence-electron chi connectivity index (χ3n) is 4.58. The molecule has 0 aliphatic carbocycles. The lowest BCUT2D eigenvalue weighted by Crippen LogP contribution is -2.21. The summed E-state index contributed by atoms with van der Waals surface area (Å²) in [5.41, 5.74) is 2.11. The van der Waals surface area contributed by atoms with Gasteiger partial charge in [-0.25, -0.2) is 4.79 Å². The fourth-order valence-electron chi connectivity index (χ4n) is 3.09. The number of benzene rings is 2. The molecule has 0 spiro atoms. The van der Waals surface area contributed by atoms with Gasteiger partial charge in [0.2, 0.25) is 0 Å². The fourth-order valence-corrected chi connectivity index (χ4v) is 4.20. The molecule has 9 heteroatoms. The molecule has 6 nitrogen and oxygen atoms in total. The number of nitrogens with zero attached hydrogens (tertiary/aromatic N) is 2. The van der Waals surface area contributed by atoms with Crippen molar-refractivity contribution in [3.8, 4) is 11.5 Å². The molecule has 162 valence electrons. The van der Waals surface area contributed by atoms with Crippen LogP contribution in [0, 0.1) is 0 Å². The van der Waals surface area contributed by atoms with Gasteiger partial charge < -0.3 is 9.47 Å². The summed E-state index contributed by atoms with van der Waals surface area (Å²) in [7, 11) is 1.48. The summed E-state index contributed by atoms with van der Waals surface area (Å²) in [6, 6.07) is 13.3. The highest BCUT2D eigenvalue weighted by molar-refractivity contribution is 7.12. The van der Waals surface area contributed by atoms with Crippen LogP contribution < -0.4 is 14.5 Å². The Hall–Kier alpha value is -3.13. The molecule has 0 saturated carbocycles. The predicted molar refractivity (Wildman–Crippen MR) is 127 cm³/mol. The zero-order chi connectivity index (χ0) is 22.8. The number of ether oxygens (including phenoxy) is 2. The van der Waals surface area contributed by atoms with Crippen LogP contribution >= 0.6 is 34.5 Å². The fraction of sp³-hybridized carbons (Fsp3) is 0.0870. The second-order valence-electron chi connectivity index (χ2n) is 6.77. The Balaban J connectivity index is 1.60. The number of hydrogen-bond donors (Lipinski definition) is 0. The van der Waals surface area contributed by atoms with Crippen molar-refractivity contribution in [1.29, 1.82) is 0 Å². The van der Waals surface area contributed by atoms with E-state index >= 15 is 0 Å². The van der Waals surface area contributed by atoms with Crippen molar-refractivity contribution >= 4 is 63.9 Å². The number of rotatable bonds is 5. The minimum atomic E-state index is -0.464. The van der Waals surface area contributed by atoms with E-state index in [1.54, 1.807) is 66.9 Å². The molecule has 0 atom stereocenters. The molecule has 0 saturated heterocycles. The van der Waals surface area contributed by atoms with Crippen molar-refractivity contribution in [1.82, 2.24) is 0 Å². The van der Waals surface area contributed by atoms with Crippen LogP contribution in [0.2, 0.25) is 10.0 Å². The number of anilines is 1. The molecule has 0 bridgehead atoms. The monoisotopic (exact) mass is 486 g/mol. The van der Waals surface area contributed by atoms with E-state index in [2.05, 4.69) is 5.10 Å². The number of carbonyl (C=O) groups is 2. The molecule has 0 fully saturated rings. The average molecular weight is 487 g/mol. The minimum absolute atomic E-state index is 0.284. The second kappa shape index (κ2) is 9.16. The second-order valence-corrected chi connectivity index (χ2v) is 8.59. The van der Waals surface area contributed by atoms with E-state index in [9.17, 15) is 9.59 Å². The van der Waals surface area contributed by atoms with Crippen molar-refractivity contribution in [2.75, 3.05) is 12.1 Å². The van der Waals surface area contributed by atoms with Crippen molar-refractivity contribution in [3.05, 3.63) is 80.0 Å². The number of halogens is 2. The highest BCUT2D eigenvalue weighted by Gasteiger charge is 2.29. The van der Waals surface area contributed by atoms with Gasteiger partial charge in [0.05, 0.1) is 24.1 Å². The molecule has 32 heavy (non-hydrogen) atoms. The van der Waals surface area contributed by atoms with Crippen LogP contribution in [0.4, 0.5) is 5.69 Å². The summed E-state index contributed by atoms with van der Waals surface area (Å²) in [6.07, 6.45) is 1.70. The highest BCUT2D eigenvalue weighted by atomic mass is 35.5. The maximum Gasteiger partial charge on any atom is 0.353 e. The van der Waals surface area contributed by atoms with Gasteiger partial charge in [-0.15, -0.1) is 11.3 Å². The van der Waals surface area contributed by atoms with E-state index in [4.69, 9.17) is 32.7 Å². The van der Waals surface area contributed by atoms with E-state index in [-0.39, 0.29) is 11.7 Å². The summed E-state index contributed by atoms with van der Waals surface area (Å²) in [5.74, 6) is -0.128. The zero-order valence-corrected chi connectivity index (χ0v) is 19.3. The van der Waals surface area contributed by atoms with Gasteiger partial charge in [0, 0.05) is 10.0 Å². The molecule has 0 unspecified atom stereocenters. The van der Waals surface area contributed by atoms with Crippen LogP contribution in [0.25, 0.3) is 6.08 Å². The third-order valence-corrected chi connectivity index (χ3v) is 5.86. The first-order chi connectivity index (χ1) is 15.4. The van der Waals surface area contributed by atoms with Gasteiger partial charge in [0.15, 0.2) is 11.5 Å². The summed E-state index contributed by atoms with van der Waals surface area (Å²) in [4.78, 5) is 25.7. The lowest BCUT2D eigenvalue weighted by Gasteiger charge is -2.12. The number of hydrazone groups is 1. The highest BCUT2D eigenvalue weighted by Crippen LogP contribution is 2.33. The molecule has 2 aromatic carbocycles. The van der Waals surface area contributed by atoms with Gasteiger partial charge in [0.1, 0.15) is 4.88 Å². The van der Waals surface area contributed by atoms with E-state index in [1.807, 2.05) is 0 Å². The number of hydrogen-bond acceptors (Lipinski definition) is 6. The van der Waals surface area contributed by atoms with Crippen LogP contribution in [0.5, 0.6) is 11.5 Å². The van der Waals surface area contributed by atoms with Crippen molar-refractivity contribution < 1.29 is 19.1 Å². The van der Waals surface area contributed by atoms with Gasteiger partial charge in [-0.05, 0) is 60.3 Å². The van der Waals surface area contributed by atoms with E-state index < -0.39 is 5.97 Å². The Morgan fingerprint density at radius 3 is 2.50 bits per heavy atom. The number of esters is 1. The molecule has 1 aliphatic rings. The van der Waals surface area contributed by atoms with Gasteiger partial charge in [-0.1, -0.05) is 35.3 Å². The number of thiophene rings is 1. The zero-order valence-electron chi connectivity index (χ0n) is 17.0. The van der Waals surface area contributed by atoms with Crippen LogP contribution in [0.1, 0.15) is 22.2 Å². The minimum Gasteiger partial charge on any atom is -0.493 e. The molecule has 4 rings (SSSR count). The Morgan fingerprint density at radius 2 is 1.84 bits per heavy atom. The van der Waals surface area contributed by atoms with Crippen LogP contribution in [0.15, 0.2) is 64.6 Å². The molecule has 2 heterocycles. The largest absolute Gasteiger partial charge is 0.493 e. The Labute approximate surface area is 198 Å². The van der Waals surface area contributed by atoms with Crippen molar-refractivity contribution in [3.63, 3.8) is 0 Å². The number of amides is 1. The molecule has 0 radical (unpaired) electrons. The number of methoxy groups -OCH3 is 1. The molecular weight excluding hydrogens is 471 g/mol. The van der Waals surface area contributed by atoms with Crippen LogP contribution in [0.3, 0.4) is 0 Å². The summed E-state index contributed by atoms with van der Waals surface area (Å²) in [5, 5.41) is 8.21. The van der Waals surface area contributed by atoms with Crippen LogP contribution in [-0.4, -0.2) is 24.7 Å². The molecular formula is C23H16Cl2N2O4S. The van der Waals surface area contributed by atoms with E-state index in [0.29, 0.717) is 43.2 Å². The molecule has 0 N–H and O–H groups in total. The lowest BCUT2D eigenvalue weighted by molar-refractivity contribution is -0.114. The predicted octanol–water partition coefficient (Wildman–Crippen LogP) is 6.09. The van der Waals surface area contributed by atoms with Crippen molar-refractivity contribution in [2.45, 2.75) is 6.92 Å². The first kappa shape index (κ1) is 22.1. The van der Waals surface area contributed by atoms with E-state index in [0.717, 1.165) is 0 Å². The Morgan fingerprint density at radius 1 is 1.09 bits per heavy atom. The van der Waals surface area contributed by atoms with Gasteiger partial charge in [-0.3, -0.25) is 4.79 Å². The third kappa shape index (κ3) is 4.55. The first-order valence-corrected chi connectivity index (χ1v) is 11.0. The van der Waals surface area contributed by atoms with Gasteiger partial charge >= 0.3 is 5.97 Å². The number of carbonyl (C=O) groups excluding carboxylic acids is 2. The average Bonchev–Trinajstić information content (AvgIpc) is 3.38. The van der Waals surface area contributed by atoms with Crippen molar-refractivity contribution in [2.24, 2.45) is 5.10 Å². The SMILES string of the molecule is COc1cc(/C=C2/C(=O)N(c3cc(Cl)cc(Cl)c3)N=C2C)ccc1OC(=O)c1cccs1. The van der Waals surface area contributed by atoms with E-state index in [1.165, 1.54) is 23.5 Å². The lowest BCUT2D eigenvalue weighted by atomic mass is 10.1. The first-order valence-electron chi connectivity index (χ1n) is 9.37. The normalized spacial score (nSPS) is 14.6. The van der Waals surface area contributed by atoms with Crippen LogP contribution in [-0.2, 0) is 4.79 Å². The Bertz CT molecular complexity index is 1250. The van der Waals surface area contributed by atoms with Gasteiger partial charge in [0.25, 0.3) is 5.91 Å². The standard InChI is InChI=1S/C23H16Cl2N2O4S/c1-13-18(22(28)27(26-13)17-11-15(24)10-16(25)12-17)8-14-5-6-19(20(9-14)30-2)31-23(29)21-4-3-7-32-21/h3-12H,1-2H3/b18-8+. The maximum absolute atomic E-state index is 13.0. The summed E-state index contributed by atoms with van der Waals surface area (Å²) >= 11 is 13.4.